The van der Waals surface area contributed by atoms with Gasteiger partial charge in [0.15, 0.2) is 0 Å². The topological polar surface area (TPSA) is 47.2 Å². The van der Waals surface area contributed by atoms with Crippen LogP contribution in [-0.4, -0.2) is 15.7 Å². The molecule has 0 spiro atoms. The van der Waals surface area contributed by atoms with Crippen molar-refractivity contribution in [2.75, 3.05) is 0 Å². The number of aromatic nitrogens is 2. The molecule has 0 radical (unpaired) electrons. The Balaban J connectivity index is 1.75. The monoisotopic (exact) mass is 357 g/mol. The first-order chi connectivity index (χ1) is 12.4. The highest BCUT2D eigenvalue weighted by Gasteiger charge is 2.30. The standard InChI is InChI=1S/C19H14F3N3O/c20-19(21,22)15-6-4-5-14(11-15)12-18(26)24-16-9-10-25(23-13-16)17-7-2-1-3-8-17/h1-11,13H,12H2. The van der Waals surface area contributed by atoms with Crippen molar-refractivity contribution < 1.29 is 18.0 Å². The third-order valence-electron chi connectivity index (χ3n) is 3.59. The van der Waals surface area contributed by atoms with E-state index in [4.69, 9.17) is 0 Å². The van der Waals surface area contributed by atoms with Gasteiger partial charge in [0.05, 0.1) is 29.2 Å². The molecule has 0 aliphatic heterocycles. The summed E-state index contributed by atoms with van der Waals surface area (Å²) in [5.41, 5.74) is 0.333. The predicted octanol–water partition coefficient (Wildman–Crippen LogP) is 3.56. The molecule has 7 heteroatoms. The molecule has 2 aromatic carbocycles. The Bertz CT molecular complexity index is 959. The zero-order chi connectivity index (χ0) is 18.6. The molecule has 0 saturated carbocycles. The lowest BCUT2D eigenvalue weighted by atomic mass is 10.1. The number of rotatable bonds is 3. The average molecular weight is 357 g/mol. The molecule has 0 unspecified atom stereocenters. The fourth-order valence-corrected chi connectivity index (χ4v) is 2.37. The van der Waals surface area contributed by atoms with Crippen molar-refractivity contribution in [3.05, 3.63) is 89.5 Å². The predicted molar refractivity (Wildman–Crippen MR) is 89.3 cm³/mol. The van der Waals surface area contributed by atoms with Gasteiger partial charge in [0.1, 0.15) is 0 Å². The van der Waals surface area contributed by atoms with Crippen LogP contribution in [0.25, 0.3) is 5.69 Å². The normalized spacial score (nSPS) is 12.2. The summed E-state index contributed by atoms with van der Waals surface area (Å²) in [4.78, 5) is 15.9. The van der Waals surface area contributed by atoms with Crippen LogP contribution in [0.5, 0.6) is 0 Å². The molecule has 3 aromatic rings. The van der Waals surface area contributed by atoms with Gasteiger partial charge in [-0.15, -0.1) is 0 Å². The minimum absolute atomic E-state index is 0.211. The first kappa shape index (κ1) is 17.6. The number of nitrogens with zero attached hydrogens (tertiary/aromatic N) is 3. The Labute approximate surface area is 147 Å². The number of hydrogen-bond donors (Lipinski definition) is 0. The van der Waals surface area contributed by atoms with Gasteiger partial charge in [-0.1, -0.05) is 36.4 Å². The molecule has 1 aromatic heterocycles. The van der Waals surface area contributed by atoms with Crippen LogP contribution in [0, 0.1) is 0 Å². The molecular weight excluding hydrogens is 343 g/mol. The number of para-hydroxylation sites is 1. The third-order valence-corrected chi connectivity index (χ3v) is 3.59. The van der Waals surface area contributed by atoms with Gasteiger partial charge in [-0.3, -0.25) is 4.79 Å². The van der Waals surface area contributed by atoms with Crippen molar-refractivity contribution in [2.24, 2.45) is 4.99 Å². The lowest BCUT2D eigenvalue weighted by molar-refractivity contribution is -0.137. The summed E-state index contributed by atoms with van der Waals surface area (Å²) in [6, 6.07) is 15.7. The fourth-order valence-electron chi connectivity index (χ4n) is 2.37. The number of alkyl halides is 3. The van der Waals surface area contributed by atoms with Crippen LogP contribution in [0.15, 0.2) is 78.0 Å². The van der Waals surface area contributed by atoms with Gasteiger partial charge >= 0.3 is 6.18 Å². The maximum atomic E-state index is 12.7. The van der Waals surface area contributed by atoms with E-state index in [2.05, 4.69) is 10.1 Å². The van der Waals surface area contributed by atoms with Crippen molar-refractivity contribution >= 4 is 5.91 Å². The smallest absolute Gasteiger partial charge is 0.272 e. The quantitative estimate of drug-likeness (QED) is 0.720. The summed E-state index contributed by atoms with van der Waals surface area (Å²) in [7, 11) is 0. The molecule has 1 amide bonds. The first-order valence-corrected chi connectivity index (χ1v) is 7.76. The molecule has 0 N–H and O–H groups in total. The Morgan fingerprint density at radius 2 is 1.81 bits per heavy atom. The van der Waals surface area contributed by atoms with Crippen LogP contribution in [-0.2, 0) is 17.4 Å². The maximum Gasteiger partial charge on any atom is 0.416 e. The van der Waals surface area contributed by atoms with Gasteiger partial charge in [0.2, 0.25) is 0 Å². The van der Waals surface area contributed by atoms with E-state index in [0.717, 1.165) is 17.8 Å². The Morgan fingerprint density at radius 1 is 1.04 bits per heavy atom. The van der Waals surface area contributed by atoms with Gasteiger partial charge in [-0.25, -0.2) is 9.67 Å². The summed E-state index contributed by atoms with van der Waals surface area (Å²) in [5.74, 6) is -0.538. The number of hydrogen-bond acceptors (Lipinski definition) is 2. The SMILES string of the molecule is O=C(Cc1cccc(C(F)(F)F)c1)N=c1ccn(-c2ccccc2)nc1. The number of benzene rings is 2. The second-order valence-electron chi connectivity index (χ2n) is 5.55. The highest BCUT2D eigenvalue weighted by molar-refractivity contribution is 5.79. The van der Waals surface area contributed by atoms with E-state index in [1.807, 2.05) is 30.3 Å². The van der Waals surface area contributed by atoms with Crippen molar-refractivity contribution in [3.63, 3.8) is 0 Å². The van der Waals surface area contributed by atoms with Crippen LogP contribution in [0.2, 0.25) is 0 Å². The molecule has 0 bridgehead atoms. The van der Waals surface area contributed by atoms with Gasteiger partial charge in [0.25, 0.3) is 5.91 Å². The fraction of sp³-hybridized carbons (Fsp3) is 0.105. The molecule has 3 rings (SSSR count). The summed E-state index contributed by atoms with van der Waals surface area (Å²) < 4.78 is 39.8. The Kier molecular flexibility index (Phi) is 4.97. The highest BCUT2D eigenvalue weighted by Crippen LogP contribution is 2.29. The van der Waals surface area contributed by atoms with Crippen LogP contribution >= 0.6 is 0 Å². The number of carbonyl (C=O) groups excluding carboxylic acids is 1. The van der Waals surface area contributed by atoms with Crippen molar-refractivity contribution in [2.45, 2.75) is 12.6 Å². The lowest BCUT2D eigenvalue weighted by Gasteiger charge is -2.07. The van der Waals surface area contributed by atoms with E-state index in [-0.39, 0.29) is 12.0 Å². The summed E-state index contributed by atoms with van der Waals surface area (Å²) >= 11 is 0. The van der Waals surface area contributed by atoms with E-state index in [9.17, 15) is 18.0 Å². The second-order valence-corrected chi connectivity index (χ2v) is 5.55. The molecule has 0 aliphatic rings. The molecule has 0 saturated heterocycles. The molecule has 132 valence electrons. The Hall–Kier alpha value is -3.22. The third kappa shape index (κ3) is 4.44. The van der Waals surface area contributed by atoms with E-state index >= 15 is 0 Å². The largest absolute Gasteiger partial charge is 0.416 e. The van der Waals surface area contributed by atoms with E-state index < -0.39 is 17.6 Å². The molecule has 26 heavy (non-hydrogen) atoms. The summed E-state index contributed by atoms with van der Waals surface area (Å²) in [5, 5.41) is 4.52. The number of amides is 1. The maximum absolute atomic E-state index is 12.7. The number of halogens is 3. The Morgan fingerprint density at radius 3 is 2.46 bits per heavy atom. The van der Waals surface area contributed by atoms with E-state index in [1.165, 1.54) is 18.3 Å². The lowest BCUT2D eigenvalue weighted by Crippen LogP contribution is -2.12. The summed E-state index contributed by atoms with van der Waals surface area (Å²) in [6.45, 7) is 0. The zero-order valence-corrected chi connectivity index (χ0v) is 13.5. The molecule has 0 atom stereocenters. The first-order valence-electron chi connectivity index (χ1n) is 7.76. The van der Waals surface area contributed by atoms with Crippen molar-refractivity contribution in [3.8, 4) is 5.69 Å². The van der Waals surface area contributed by atoms with Crippen LogP contribution < -0.4 is 5.36 Å². The van der Waals surface area contributed by atoms with Gasteiger partial charge in [-0.05, 0) is 29.8 Å². The molecular formula is C19H14F3N3O. The van der Waals surface area contributed by atoms with Crippen LogP contribution in [0.4, 0.5) is 13.2 Å². The molecule has 0 fully saturated rings. The highest BCUT2D eigenvalue weighted by atomic mass is 19.4. The molecule has 4 nitrogen and oxygen atoms in total. The van der Waals surface area contributed by atoms with Crippen LogP contribution in [0.3, 0.4) is 0 Å². The van der Waals surface area contributed by atoms with Crippen molar-refractivity contribution in [1.82, 2.24) is 9.78 Å². The van der Waals surface area contributed by atoms with Gasteiger partial charge in [-0.2, -0.15) is 18.3 Å². The molecule has 1 heterocycles. The second kappa shape index (κ2) is 7.35. The van der Waals surface area contributed by atoms with Gasteiger partial charge < -0.3 is 0 Å². The van der Waals surface area contributed by atoms with Crippen molar-refractivity contribution in [1.29, 1.82) is 0 Å². The van der Waals surface area contributed by atoms with E-state index in [0.29, 0.717) is 5.36 Å². The molecule has 0 aliphatic carbocycles. The number of carbonyl (C=O) groups is 1. The van der Waals surface area contributed by atoms with E-state index in [1.54, 1.807) is 16.9 Å². The minimum atomic E-state index is -4.44. The van der Waals surface area contributed by atoms with Crippen LogP contribution in [0.1, 0.15) is 11.1 Å². The zero-order valence-electron chi connectivity index (χ0n) is 13.5. The summed E-state index contributed by atoms with van der Waals surface area (Å²) in [6.07, 6.45) is -1.56. The minimum Gasteiger partial charge on any atom is -0.272 e. The average Bonchev–Trinajstić information content (AvgIpc) is 2.62. The van der Waals surface area contributed by atoms with Gasteiger partial charge in [0, 0.05) is 6.20 Å².